The van der Waals surface area contributed by atoms with Gasteiger partial charge in [-0.25, -0.2) is 0 Å². The van der Waals surface area contributed by atoms with Crippen LogP contribution in [0.5, 0.6) is 0 Å². The van der Waals surface area contributed by atoms with Crippen molar-refractivity contribution in [3.8, 4) is 0 Å². The lowest BCUT2D eigenvalue weighted by molar-refractivity contribution is 0.0832. The molecular weight excluding hydrogens is 257 g/mol. The van der Waals surface area contributed by atoms with E-state index in [4.69, 9.17) is 27.9 Å². The number of benzene rings is 1. The summed E-state index contributed by atoms with van der Waals surface area (Å²) in [5.74, 6) is 0. The molecule has 94 valence electrons. The summed E-state index contributed by atoms with van der Waals surface area (Å²) in [6.07, 6.45) is 2.65. The molecule has 1 aromatic carbocycles. The summed E-state index contributed by atoms with van der Waals surface area (Å²) in [5, 5.41) is 4.81. The third-order valence-electron chi connectivity index (χ3n) is 3.07. The van der Waals surface area contributed by atoms with Gasteiger partial charge in [-0.2, -0.15) is 0 Å². The number of hydrogen-bond acceptors (Lipinski definition) is 2. The van der Waals surface area contributed by atoms with Crippen LogP contribution in [0.3, 0.4) is 0 Å². The molecule has 2 nitrogen and oxygen atoms in total. The lowest BCUT2D eigenvalue weighted by atomic mass is 10.1. The highest BCUT2D eigenvalue weighted by atomic mass is 35.5. The van der Waals surface area contributed by atoms with Crippen molar-refractivity contribution in [2.24, 2.45) is 0 Å². The molecule has 0 aromatic heterocycles. The molecule has 0 aliphatic carbocycles. The van der Waals surface area contributed by atoms with Crippen molar-refractivity contribution in [2.75, 3.05) is 6.61 Å². The zero-order chi connectivity index (χ0) is 12.3. The zero-order valence-corrected chi connectivity index (χ0v) is 11.4. The van der Waals surface area contributed by atoms with Crippen LogP contribution in [0.4, 0.5) is 0 Å². The summed E-state index contributed by atoms with van der Waals surface area (Å²) in [6, 6.07) is 5.97. The van der Waals surface area contributed by atoms with Gasteiger partial charge in [-0.05, 0) is 43.5 Å². The van der Waals surface area contributed by atoms with Crippen molar-refractivity contribution in [3.05, 3.63) is 33.8 Å². The van der Waals surface area contributed by atoms with Crippen molar-refractivity contribution in [1.82, 2.24) is 5.32 Å². The van der Waals surface area contributed by atoms with Crippen molar-refractivity contribution < 1.29 is 4.74 Å². The Bertz CT molecular complexity index is 357. The Morgan fingerprint density at radius 1 is 1.35 bits per heavy atom. The minimum atomic E-state index is 0.338. The Kier molecular flexibility index (Phi) is 4.69. The van der Waals surface area contributed by atoms with Crippen LogP contribution in [0.15, 0.2) is 18.2 Å². The fourth-order valence-electron chi connectivity index (χ4n) is 2.12. The fraction of sp³-hybridized carbons (Fsp3) is 0.538. The van der Waals surface area contributed by atoms with Crippen LogP contribution in [0.2, 0.25) is 10.0 Å². The van der Waals surface area contributed by atoms with Gasteiger partial charge in [0.2, 0.25) is 0 Å². The number of rotatable bonds is 4. The quantitative estimate of drug-likeness (QED) is 0.904. The van der Waals surface area contributed by atoms with E-state index in [0.29, 0.717) is 22.2 Å². The van der Waals surface area contributed by atoms with Gasteiger partial charge >= 0.3 is 0 Å². The van der Waals surface area contributed by atoms with Gasteiger partial charge in [-0.1, -0.05) is 23.2 Å². The van der Waals surface area contributed by atoms with Gasteiger partial charge in [-0.3, -0.25) is 0 Å². The average molecular weight is 274 g/mol. The first-order valence-electron chi connectivity index (χ1n) is 5.95. The number of halogens is 2. The molecule has 4 heteroatoms. The summed E-state index contributed by atoms with van der Waals surface area (Å²) in [5.41, 5.74) is 1.10. The second-order valence-electron chi connectivity index (χ2n) is 4.50. The van der Waals surface area contributed by atoms with Gasteiger partial charge in [0.1, 0.15) is 0 Å². The molecule has 1 heterocycles. The van der Waals surface area contributed by atoms with Crippen molar-refractivity contribution in [1.29, 1.82) is 0 Å². The third-order valence-corrected chi connectivity index (χ3v) is 3.51. The Labute approximate surface area is 112 Å². The second kappa shape index (κ2) is 6.05. The Balaban J connectivity index is 1.88. The first kappa shape index (κ1) is 13.2. The van der Waals surface area contributed by atoms with Crippen LogP contribution in [0.1, 0.15) is 25.3 Å². The predicted molar refractivity (Wildman–Crippen MR) is 71.7 cm³/mol. The van der Waals surface area contributed by atoms with E-state index in [9.17, 15) is 0 Å². The maximum atomic E-state index is 5.96. The molecule has 0 saturated carbocycles. The summed E-state index contributed by atoms with van der Waals surface area (Å²) in [4.78, 5) is 0. The molecular formula is C13H17Cl2NO. The van der Waals surface area contributed by atoms with E-state index in [-0.39, 0.29) is 0 Å². The lowest BCUT2D eigenvalue weighted by Gasteiger charge is -2.20. The summed E-state index contributed by atoms with van der Waals surface area (Å²) >= 11 is 11.9. The maximum absolute atomic E-state index is 5.96. The van der Waals surface area contributed by atoms with E-state index >= 15 is 0 Å². The molecule has 1 N–H and O–H groups in total. The number of ether oxygens (including phenoxy) is 1. The number of hydrogen-bond donors (Lipinski definition) is 1. The van der Waals surface area contributed by atoms with Crippen LogP contribution in [-0.4, -0.2) is 18.8 Å². The molecule has 0 spiro atoms. The van der Waals surface area contributed by atoms with E-state index < -0.39 is 0 Å². The normalized spacial score (nSPS) is 21.7. The average Bonchev–Trinajstić information content (AvgIpc) is 2.78. The van der Waals surface area contributed by atoms with Crippen molar-refractivity contribution >= 4 is 23.2 Å². The van der Waals surface area contributed by atoms with Gasteiger partial charge in [-0.15, -0.1) is 0 Å². The van der Waals surface area contributed by atoms with Crippen LogP contribution in [-0.2, 0) is 11.3 Å². The molecule has 17 heavy (non-hydrogen) atoms. The minimum absolute atomic E-state index is 0.338. The van der Waals surface area contributed by atoms with Crippen LogP contribution < -0.4 is 5.32 Å². The van der Waals surface area contributed by atoms with Gasteiger partial charge in [0.25, 0.3) is 0 Å². The highest BCUT2D eigenvalue weighted by molar-refractivity contribution is 6.34. The minimum Gasteiger partial charge on any atom is -0.377 e. The standard InChI is InChI=1S/C13H17Cl2NO/c1-9(13-3-2-4-17-13)16-8-10-5-11(14)7-12(15)6-10/h5-7,9,13,16H,2-4,8H2,1H3. The Morgan fingerprint density at radius 2 is 2.06 bits per heavy atom. The molecule has 2 rings (SSSR count). The SMILES string of the molecule is CC(NCc1cc(Cl)cc(Cl)c1)C1CCCO1. The molecule has 1 aromatic rings. The van der Waals surface area contributed by atoms with Crippen LogP contribution in [0.25, 0.3) is 0 Å². The maximum Gasteiger partial charge on any atom is 0.0726 e. The molecule has 2 atom stereocenters. The highest BCUT2D eigenvalue weighted by Crippen LogP contribution is 2.20. The highest BCUT2D eigenvalue weighted by Gasteiger charge is 2.21. The first-order valence-corrected chi connectivity index (χ1v) is 6.71. The van der Waals surface area contributed by atoms with Gasteiger partial charge < -0.3 is 10.1 Å². The molecule has 0 amide bonds. The van der Waals surface area contributed by atoms with Crippen LogP contribution >= 0.6 is 23.2 Å². The van der Waals surface area contributed by atoms with Crippen molar-refractivity contribution in [2.45, 2.75) is 38.5 Å². The zero-order valence-electron chi connectivity index (χ0n) is 9.88. The topological polar surface area (TPSA) is 21.3 Å². The monoisotopic (exact) mass is 273 g/mol. The second-order valence-corrected chi connectivity index (χ2v) is 5.37. The van der Waals surface area contributed by atoms with E-state index in [1.807, 2.05) is 12.1 Å². The fourth-order valence-corrected chi connectivity index (χ4v) is 2.69. The van der Waals surface area contributed by atoms with Gasteiger partial charge in [0.05, 0.1) is 6.10 Å². The largest absolute Gasteiger partial charge is 0.377 e. The van der Waals surface area contributed by atoms with E-state index in [2.05, 4.69) is 12.2 Å². The van der Waals surface area contributed by atoms with E-state index in [1.165, 1.54) is 6.42 Å². The number of nitrogens with one attached hydrogen (secondary N) is 1. The first-order chi connectivity index (χ1) is 8.15. The summed E-state index contributed by atoms with van der Waals surface area (Å²) in [6.45, 7) is 3.81. The molecule has 1 fully saturated rings. The summed E-state index contributed by atoms with van der Waals surface area (Å²) < 4.78 is 5.64. The van der Waals surface area contributed by atoms with Gasteiger partial charge in [0, 0.05) is 29.2 Å². The lowest BCUT2D eigenvalue weighted by Crippen LogP contribution is -2.36. The van der Waals surface area contributed by atoms with Crippen molar-refractivity contribution in [3.63, 3.8) is 0 Å². The molecule has 0 radical (unpaired) electrons. The molecule has 2 unspecified atom stereocenters. The summed E-state index contributed by atoms with van der Waals surface area (Å²) in [7, 11) is 0. The molecule has 1 aliphatic rings. The third kappa shape index (κ3) is 3.85. The molecule has 0 bridgehead atoms. The molecule has 1 saturated heterocycles. The van der Waals surface area contributed by atoms with Gasteiger partial charge in [0.15, 0.2) is 0 Å². The molecule has 1 aliphatic heterocycles. The van der Waals surface area contributed by atoms with Crippen LogP contribution in [0, 0.1) is 0 Å². The van der Waals surface area contributed by atoms with E-state index in [1.54, 1.807) is 6.07 Å². The van der Waals surface area contributed by atoms with E-state index in [0.717, 1.165) is 25.1 Å². The Morgan fingerprint density at radius 3 is 2.65 bits per heavy atom. The smallest absolute Gasteiger partial charge is 0.0726 e. The predicted octanol–water partition coefficient (Wildman–Crippen LogP) is 3.65. The Hall–Kier alpha value is -0.280.